The minimum atomic E-state index is -0.864. The van der Waals surface area contributed by atoms with E-state index in [4.69, 9.17) is 10.1 Å². The summed E-state index contributed by atoms with van der Waals surface area (Å²) in [5.41, 5.74) is 2.81. The second-order valence-electron chi connectivity index (χ2n) is 7.07. The van der Waals surface area contributed by atoms with Crippen LogP contribution in [-0.2, 0) is 4.79 Å². The van der Waals surface area contributed by atoms with E-state index < -0.39 is 5.97 Å². The Morgan fingerprint density at radius 3 is 2.57 bits per heavy atom. The molecule has 0 atom stereocenters. The van der Waals surface area contributed by atoms with Gasteiger partial charge in [0.1, 0.15) is 0 Å². The third-order valence-electron chi connectivity index (χ3n) is 4.59. The number of hydrogen-bond donors (Lipinski definition) is 1. The van der Waals surface area contributed by atoms with Gasteiger partial charge in [0.15, 0.2) is 5.65 Å². The molecule has 0 spiro atoms. The summed E-state index contributed by atoms with van der Waals surface area (Å²) in [6.45, 7) is 4.40. The first-order valence-corrected chi connectivity index (χ1v) is 9.29. The number of benzene rings is 1. The van der Waals surface area contributed by atoms with E-state index in [0.717, 1.165) is 5.56 Å². The maximum Gasteiger partial charge on any atom is 0.303 e. The molecule has 0 aliphatic rings. The Balaban J connectivity index is 2.05. The normalized spacial score (nSPS) is 11.1. The summed E-state index contributed by atoms with van der Waals surface area (Å²) < 4.78 is 1.81. The molecule has 0 saturated heterocycles. The topological polar surface area (TPSA) is 88.3 Å². The second kappa shape index (κ2) is 8.21. The fourth-order valence-electron chi connectivity index (χ4n) is 3.10. The highest BCUT2D eigenvalue weighted by atomic mass is 16.4. The lowest BCUT2D eigenvalue weighted by atomic mass is 10.1. The molecule has 0 saturated carbocycles. The number of pyridine rings is 1. The number of carbonyl (C=O) groups excluding carboxylic acids is 1. The van der Waals surface area contributed by atoms with Crippen LogP contribution in [0.3, 0.4) is 0 Å². The van der Waals surface area contributed by atoms with E-state index in [9.17, 15) is 9.59 Å². The molecule has 146 valence electrons. The monoisotopic (exact) mass is 380 g/mol. The quantitative estimate of drug-likeness (QED) is 0.676. The number of hydrogen-bond acceptors (Lipinski definition) is 4. The van der Waals surface area contributed by atoms with Crippen molar-refractivity contribution in [1.82, 2.24) is 19.7 Å². The Kier molecular flexibility index (Phi) is 5.73. The summed E-state index contributed by atoms with van der Waals surface area (Å²) in [7, 11) is 1.69. The lowest BCUT2D eigenvalue weighted by molar-refractivity contribution is -0.137. The molecule has 1 aromatic carbocycles. The Hall–Kier alpha value is -3.22. The minimum absolute atomic E-state index is 0.0317. The van der Waals surface area contributed by atoms with Gasteiger partial charge in [-0.1, -0.05) is 30.3 Å². The zero-order valence-electron chi connectivity index (χ0n) is 16.3. The van der Waals surface area contributed by atoms with Crippen molar-refractivity contribution in [3.05, 3.63) is 48.2 Å². The number of carboxylic acid groups (broad SMARTS) is 1. The maximum atomic E-state index is 13.1. The number of carbonyl (C=O) groups is 2. The van der Waals surface area contributed by atoms with Crippen molar-refractivity contribution in [2.45, 2.75) is 32.7 Å². The molecular weight excluding hydrogens is 356 g/mol. The zero-order valence-corrected chi connectivity index (χ0v) is 16.3. The standard InChI is InChI=1S/C21H24N4O3/c1-14(2)25-20-17(13-22-25)16(21(28)24(3)11-7-10-19(26)27)12-18(23-20)15-8-5-4-6-9-15/h4-6,8-9,12-14H,7,10-11H2,1-3H3,(H,26,27). The van der Waals surface area contributed by atoms with E-state index in [1.54, 1.807) is 24.2 Å². The van der Waals surface area contributed by atoms with Gasteiger partial charge in [-0.25, -0.2) is 9.67 Å². The van der Waals surface area contributed by atoms with Crippen molar-refractivity contribution in [1.29, 1.82) is 0 Å². The van der Waals surface area contributed by atoms with E-state index in [1.165, 1.54) is 0 Å². The Labute approximate surface area is 163 Å². The first-order valence-electron chi connectivity index (χ1n) is 9.29. The number of nitrogens with zero attached hydrogens (tertiary/aromatic N) is 4. The first kappa shape index (κ1) is 19.5. The molecule has 0 fully saturated rings. The van der Waals surface area contributed by atoms with Gasteiger partial charge in [-0.15, -0.1) is 0 Å². The van der Waals surface area contributed by atoms with Crippen molar-refractivity contribution in [3.63, 3.8) is 0 Å². The maximum absolute atomic E-state index is 13.1. The Morgan fingerprint density at radius 1 is 1.21 bits per heavy atom. The molecule has 0 unspecified atom stereocenters. The van der Waals surface area contributed by atoms with E-state index in [2.05, 4.69) is 5.10 Å². The average molecular weight is 380 g/mol. The minimum Gasteiger partial charge on any atom is -0.481 e. The SMILES string of the molecule is CC(C)n1ncc2c(C(=O)N(C)CCCC(=O)O)cc(-c3ccccc3)nc21. The largest absolute Gasteiger partial charge is 0.481 e. The van der Waals surface area contributed by atoms with Crippen molar-refractivity contribution in [2.75, 3.05) is 13.6 Å². The summed E-state index contributed by atoms with van der Waals surface area (Å²) in [5, 5.41) is 13.9. The molecule has 0 bridgehead atoms. The lowest BCUT2D eigenvalue weighted by Gasteiger charge is -2.18. The fraction of sp³-hybridized carbons (Fsp3) is 0.333. The number of aliphatic carboxylic acids is 1. The molecule has 1 N–H and O–H groups in total. The second-order valence-corrected chi connectivity index (χ2v) is 7.07. The van der Waals surface area contributed by atoms with Gasteiger partial charge < -0.3 is 10.0 Å². The molecule has 2 aromatic heterocycles. The van der Waals surface area contributed by atoms with E-state index in [1.807, 2.05) is 48.9 Å². The molecule has 3 rings (SSSR count). The van der Waals surface area contributed by atoms with E-state index in [0.29, 0.717) is 35.3 Å². The highest BCUT2D eigenvalue weighted by molar-refractivity contribution is 6.06. The summed E-state index contributed by atoms with van der Waals surface area (Å²) in [6, 6.07) is 11.6. The van der Waals surface area contributed by atoms with Crippen molar-refractivity contribution in [2.24, 2.45) is 0 Å². The summed E-state index contributed by atoms with van der Waals surface area (Å²) >= 11 is 0. The van der Waals surface area contributed by atoms with Crippen LogP contribution in [0.5, 0.6) is 0 Å². The Bertz CT molecular complexity index is 996. The number of fused-ring (bicyclic) bond motifs is 1. The van der Waals surface area contributed by atoms with Gasteiger partial charge in [0.05, 0.1) is 22.8 Å². The number of aromatic nitrogens is 3. The van der Waals surface area contributed by atoms with E-state index in [-0.39, 0.29) is 18.4 Å². The van der Waals surface area contributed by atoms with Crippen LogP contribution in [0.2, 0.25) is 0 Å². The number of amides is 1. The molecule has 1 amide bonds. The fourth-order valence-corrected chi connectivity index (χ4v) is 3.10. The predicted molar refractivity (Wildman–Crippen MR) is 107 cm³/mol. The molecule has 0 radical (unpaired) electrons. The van der Waals surface area contributed by atoms with Crippen LogP contribution in [0, 0.1) is 0 Å². The van der Waals surface area contributed by atoms with Crippen LogP contribution < -0.4 is 0 Å². The van der Waals surface area contributed by atoms with Gasteiger partial charge in [-0.05, 0) is 26.3 Å². The van der Waals surface area contributed by atoms with E-state index >= 15 is 0 Å². The molecule has 2 heterocycles. The third kappa shape index (κ3) is 4.03. The van der Waals surface area contributed by atoms with Crippen molar-refractivity contribution in [3.8, 4) is 11.3 Å². The first-order chi connectivity index (χ1) is 13.4. The summed E-state index contributed by atoms with van der Waals surface area (Å²) in [4.78, 5) is 30.2. The van der Waals surface area contributed by atoms with Crippen molar-refractivity contribution >= 4 is 22.9 Å². The molecule has 3 aromatic rings. The third-order valence-corrected chi connectivity index (χ3v) is 4.59. The highest BCUT2D eigenvalue weighted by Gasteiger charge is 2.21. The van der Waals surface area contributed by atoms with Crippen LogP contribution in [0.25, 0.3) is 22.3 Å². The molecular formula is C21H24N4O3. The number of carboxylic acids is 1. The molecule has 7 heteroatoms. The highest BCUT2D eigenvalue weighted by Crippen LogP contribution is 2.27. The summed E-state index contributed by atoms with van der Waals surface area (Å²) in [5.74, 6) is -1.03. The van der Waals surface area contributed by atoms with Crippen molar-refractivity contribution < 1.29 is 14.7 Å². The molecule has 28 heavy (non-hydrogen) atoms. The van der Waals surface area contributed by atoms with Crippen LogP contribution in [0.15, 0.2) is 42.6 Å². The van der Waals surface area contributed by atoms with Crippen LogP contribution in [-0.4, -0.2) is 50.2 Å². The van der Waals surface area contributed by atoms with Gasteiger partial charge in [-0.3, -0.25) is 9.59 Å². The molecule has 0 aliphatic carbocycles. The average Bonchev–Trinajstić information content (AvgIpc) is 3.11. The lowest BCUT2D eigenvalue weighted by Crippen LogP contribution is -2.28. The van der Waals surface area contributed by atoms with Crippen LogP contribution in [0.1, 0.15) is 43.1 Å². The van der Waals surface area contributed by atoms with Gasteiger partial charge in [0.25, 0.3) is 5.91 Å². The van der Waals surface area contributed by atoms with Gasteiger partial charge in [0, 0.05) is 31.6 Å². The van der Waals surface area contributed by atoms with Crippen LogP contribution in [0.4, 0.5) is 0 Å². The predicted octanol–water partition coefficient (Wildman–Crippen LogP) is 3.62. The van der Waals surface area contributed by atoms with Gasteiger partial charge in [-0.2, -0.15) is 5.10 Å². The zero-order chi connectivity index (χ0) is 20.3. The summed E-state index contributed by atoms with van der Waals surface area (Å²) in [6.07, 6.45) is 2.11. The molecule has 0 aliphatic heterocycles. The van der Waals surface area contributed by atoms with Gasteiger partial charge in [0.2, 0.25) is 0 Å². The smallest absolute Gasteiger partial charge is 0.303 e. The Morgan fingerprint density at radius 2 is 1.93 bits per heavy atom. The molecule has 7 nitrogen and oxygen atoms in total. The van der Waals surface area contributed by atoms with Crippen LogP contribution >= 0.6 is 0 Å². The number of rotatable bonds is 7. The van der Waals surface area contributed by atoms with Gasteiger partial charge >= 0.3 is 5.97 Å².